The lowest BCUT2D eigenvalue weighted by Gasteiger charge is -2.23. The number of methoxy groups -OCH3 is 1. The van der Waals surface area contributed by atoms with Gasteiger partial charge in [0.25, 0.3) is 5.91 Å². The molecular formula is C22H26ClN3O3. The van der Waals surface area contributed by atoms with E-state index in [-0.39, 0.29) is 35.6 Å². The second-order valence-corrected chi connectivity index (χ2v) is 7.59. The number of piperidine rings is 1. The molecule has 2 aromatic rings. The lowest BCUT2D eigenvalue weighted by atomic mass is 9.91. The third-order valence-electron chi connectivity index (χ3n) is 5.86. The molecule has 1 unspecified atom stereocenters. The largest absolute Gasteiger partial charge is 0.497 e. The fourth-order valence-electron chi connectivity index (χ4n) is 4.10. The van der Waals surface area contributed by atoms with E-state index >= 15 is 0 Å². The fraction of sp³-hybridized carbons (Fsp3) is 0.364. The quantitative estimate of drug-likeness (QED) is 0.695. The minimum atomic E-state index is -0.267. The van der Waals surface area contributed by atoms with Gasteiger partial charge in [-0.15, -0.1) is 12.4 Å². The molecule has 3 N–H and O–H groups in total. The Morgan fingerprint density at radius 3 is 2.59 bits per heavy atom. The number of ether oxygens (including phenoxy) is 1. The Kier molecular flexibility index (Phi) is 6.45. The van der Waals surface area contributed by atoms with E-state index in [1.54, 1.807) is 37.4 Å². The molecule has 2 amide bonds. The Hall–Kier alpha value is -2.57. The van der Waals surface area contributed by atoms with Gasteiger partial charge in [-0.05, 0) is 62.0 Å². The summed E-state index contributed by atoms with van der Waals surface area (Å²) < 4.78 is 5.19. The molecule has 1 heterocycles. The first-order chi connectivity index (χ1) is 13.6. The number of nitrogens with one attached hydrogen (secondary N) is 3. The molecule has 1 aliphatic heterocycles. The molecule has 1 atom stereocenters. The van der Waals surface area contributed by atoms with E-state index < -0.39 is 0 Å². The van der Waals surface area contributed by atoms with Gasteiger partial charge in [-0.25, -0.2) is 0 Å². The number of rotatable bonds is 5. The lowest BCUT2D eigenvalue weighted by Crippen LogP contribution is -2.31. The Bertz CT molecular complexity index is 896. The summed E-state index contributed by atoms with van der Waals surface area (Å²) >= 11 is 0. The number of carbonyl (C=O) groups excluding carboxylic acids is 2. The van der Waals surface area contributed by atoms with E-state index in [2.05, 4.69) is 16.0 Å². The van der Waals surface area contributed by atoms with Gasteiger partial charge in [-0.1, -0.05) is 18.2 Å². The van der Waals surface area contributed by atoms with Gasteiger partial charge in [-0.2, -0.15) is 0 Å². The van der Waals surface area contributed by atoms with Crippen molar-refractivity contribution < 1.29 is 14.3 Å². The van der Waals surface area contributed by atoms with Crippen LogP contribution in [0, 0.1) is 11.3 Å². The molecule has 0 radical (unpaired) electrons. The molecule has 7 heteroatoms. The van der Waals surface area contributed by atoms with Crippen LogP contribution >= 0.6 is 12.4 Å². The maximum Gasteiger partial charge on any atom is 0.257 e. The summed E-state index contributed by atoms with van der Waals surface area (Å²) in [5.74, 6) is 0.463. The smallest absolute Gasteiger partial charge is 0.257 e. The van der Waals surface area contributed by atoms with Crippen molar-refractivity contribution in [3.63, 3.8) is 0 Å². The number of benzene rings is 2. The normalized spacial score (nSPS) is 19.0. The van der Waals surface area contributed by atoms with Gasteiger partial charge in [0.1, 0.15) is 5.75 Å². The van der Waals surface area contributed by atoms with Gasteiger partial charge in [0.05, 0.1) is 18.4 Å². The maximum absolute atomic E-state index is 12.8. The van der Waals surface area contributed by atoms with E-state index in [9.17, 15) is 9.59 Å². The number of para-hydroxylation sites is 1. The Morgan fingerprint density at radius 2 is 1.83 bits per heavy atom. The van der Waals surface area contributed by atoms with Crippen LogP contribution in [0.5, 0.6) is 5.75 Å². The van der Waals surface area contributed by atoms with Crippen LogP contribution in [-0.4, -0.2) is 32.0 Å². The van der Waals surface area contributed by atoms with Crippen molar-refractivity contribution in [1.82, 2.24) is 5.32 Å². The molecule has 0 bridgehead atoms. The van der Waals surface area contributed by atoms with Crippen LogP contribution in [0.15, 0.2) is 48.5 Å². The summed E-state index contributed by atoms with van der Waals surface area (Å²) in [7, 11) is 1.58. The van der Waals surface area contributed by atoms with Crippen LogP contribution in [0.1, 0.15) is 29.6 Å². The topological polar surface area (TPSA) is 79.5 Å². The zero-order valence-electron chi connectivity index (χ0n) is 16.4. The van der Waals surface area contributed by atoms with Crippen molar-refractivity contribution in [3.8, 4) is 5.75 Å². The second kappa shape index (κ2) is 8.84. The van der Waals surface area contributed by atoms with Gasteiger partial charge in [0, 0.05) is 17.7 Å². The van der Waals surface area contributed by atoms with Crippen LogP contribution in [0.4, 0.5) is 11.4 Å². The molecule has 1 spiro atoms. The third kappa shape index (κ3) is 4.54. The first-order valence-electron chi connectivity index (χ1n) is 9.67. The van der Waals surface area contributed by atoms with Crippen molar-refractivity contribution >= 4 is 35.6 Å². The monoisotopic (exact) mass is 415 g/mol. The Balaban J connectivity index is 0.00000240. The highest BCUT2D eigenvalue weighted by molar-refractivity contribution is 6.10. The van der Waals surface area contributed by atoms with Crippen LogP contribution < -0.4 is 20.7 Å². The van der Waals surface area contributed by atoms with Crippen molar-refractivity contribution in [2.45, 2.75) is 19.3 Å². The zero-order valence-corrected chi connectivity index (χ0v) is 17.2. The number of amides is 2. The van der Waals surface area contributed by atoms with Gasteiger partial charge in [0.15, 0.2) is 0 Å². The Morgan fingerprint density at radius 1 is 1.07 bits per heavy atom. The summed E-state index contributed by atoms with van der Waals surface area (Å²) in [4.78, 5) is 25.6. The average Bonchev–Trinajstić information content (AvgIpc) is 3.42. The number of hydrogen-bond donors (Lipinski definition) is 3. The van der Waals surface area contributed by atoms with E-state index in [0.29, 0.717) is 22.7 Å². The molecule has 1 saturated heterocycles. The lowest BCUT2D eigenvalue weighted by molar-refractivity contribution is -0.118. The first-order valence-corrected chi connectivity index (χ1v) is 9.67. The third-order valence-corrected chi connectivity index (χ3v) is 5.86. The van der Waals surface area contributed by atoms with E-state index in [4.69, 9.17) is 4.74 Å². The maximum atomic E-state index is 12.8. The van der Waals surface area contributed by atoms with Crippen molar-refractivity contribution in [2.75, 3.05) is 30.8 Å². The fourth-order valence-corrected chi connectivity index (χ4v) is 4.10. The first kappa shape index (κ1) is 21.1. The number of halogens is 1. The minimum Gasteiger partial charge on any atom is -0.497 e. The van der Waals surface area contributed by atoms with E-state index in [1.807, 2.05) is 18.2 Å². The number of hydrogen-bond acceptors (Lipinski definition) is 4. The molecule has 29 heavy (non-hydrogen) atoms. The average molecular weight is 416 g/mol. The molecule has 0 aromatic heterocycles. The van der Waals surface area contributed by atoms with E-state index in [0.717, 1.165) is 32.4 Å². The highest BCUT2D eigenvalue weighted by Gasteiger charge is 2.57. The van der Waals surface area contributed by atoms with Crippen LogP contribution in [-0.2, 0) is 4.79 Å². The summed E-state index contributed by atoms with van der Waals surface area (Å²) in [6.07, 6.45) is 3.03. The molecule has 4 rings (SSSR count). The molecule has 154 valence electrons. The highest BCUT2D eigenvalue weighted by atomic mass is 35.5. The number of carbonyl (C=O) groups is 2. The number of anilines is 2. The van der Waals surface area contributed by atoms with Crippen molar-refractivity contribution in [2.24, 2.45) is 11.3 Å². The molecule has 2 aromatic carbocycles. The zero-order chi connectivity index (χ0) is 19.6. The van der Waals surface area contributed by atoms with Gasteiger partial charge in [0.2, 0.25) is 5.91 Å². The molecular weight excluding hydrogens is 390 g/mol. The molecule has 2 fully saturated rings. The summed E-state index contributed by atoms with van der Waals surface area (Å²) in [6, 6.07) is 14.3. The predicted molar refractivity (Wildman–Crippen MR) is 116 cm³/mol. The molecule has 1 saturated carbocycles. The summed E-state index contributed by atoms with van der Waals surface area (Å²) in [5, 5.41) is 9.21. The standard InChI is InChI=1S/C22H25N3O3.ClH/c1-28-16-6-4-5-15(13-16)24-20(26)17-7-2-3-8-19(17)25-21(27)18-14-22(18)9-11-23-12-10-22;/h2-8,13,18,23H,9-12,14H2,1H3,(H,24,26)(H,25,27);1H. The predicted octanol–water partition coefficient (Wildman–Crippen LogP) is 3.70. The molecule has 2 aliphatic rings. The SMILES string of the molecule is COc1cccc(NC(=O)c2ccccc2NC(=O)C2CC23CCNCC3)c1.Cl. The van der Waals surface area contributed by atoms with Crippen molar-refractivity contribution in [3.05, 3.63) is 54.1 Å². The minimum absolute atomic E-state index is 0. The van der Waals surface area contributed by atoms with Gasteiger partial charge >= 0.3 is 0 Å². The highest BCUT2D eigenvalue weighted by Crippen LogP contribution is 2.58. The van der Waals surface area contributed by atoms with Gasteiger partial charge < -0.3 is 20.7 Å². The second-order valence-electron chi connectivity index (χ2n) is 7.59. The van der Waals surface area contributed by atoms with Gasteiger partial charge in [-0.3, -0.25) is 9.59 Å². The molecule has 1 aliphatic carbocycles. The van der Waals surface area contributed by atoms with Crippen LogP contribution in [0.3, 0.4) is 0 Å². The van der Waals surface area contributed by atoms with E-state index in [1.165, 1.54) is 0 Å². The Labute approximate surface area is 176 Å². The van der Waals surface area contributed by atoms with Crippen molar-refractivity contribution in [1.29, 1.82) is 0 Å². The summed E-state index contributed by atoms with van der Waals surface area (Å²) in [6.45, 7) is 1.95. The van der Waals surface area contributed by atoms with Crippen LogP contribution in [0.25, 0.3) is 0 Å². The van der Waals surface area contributed by atoms with Crippen LogP contribution in [0.2, 0.25) is 0 Å². The molecule has 6 nitrogen and oxygen atoms in total. The summed E-state index contributed by atoms with van der Waals surface area (Å²) in [5.41, 5.74) is 1.79.